The monoisotopic (exact) mass is 496 g/mol. The Balaban J connectivity index is 1.41. The van der Waals surface area contributed by atoms with Crippen molar-refractivity contribution in [1.82, 2.24) is 15.3 Å². The van der Waals surface area contributed by atoms with Gasteiger partial charge in [0.25, 0.3) is 0 Å². The summed E-state index contributed by atoms with van der Waals surface area (Å²) in [5, 5.41) is 19.7. The van der Waals surface area contributed by atoms with E-state index in [0.29, 0.717) is 18.0 Å². The summed E-state index contributed by atoms with van der Waals surface area (Å²) in [6, 6.07) is 14.9. The first-order valence-corrected chi connectivity index (χ1v) is 12.5. The molecular formula is C26H29ClN4O2S. The van der Waals surface area contributed by atoms with Gasteiger partial charge >= 0.3 is 0 Å². The highest BCUT2D eigenvalue weighted by Gasteiger charge is 2.30. The minimum absolute atomic E-state index is 0.330. The normalized spacial score (nSPS) is 22.9. The van der Waals surface area contributed by atoms with E-state index in [9.17, 15) is 5.11 Å². The SMILES string of the molecule is CNC(=S)NN=CC1CC(O)CC(n2cc(Cc3ccc(C4CC4)cc3)c3c(Cl)cccc32)O1. The summed E-state index contributed by atoms with van der Waals surface area (Å²) in [5.74, 6) is 0.751. The molecule has 3 atom stereocenters. The summed E-state index contributed by atoms with van der Waals surface area (Å²) in [5.41, 5.74) is 7.58. The Labute approximate surface area is 209 Å². The molecule has 1 saturated heterocycles. The molecule has 6 nitrogen and oxygen atoms in total. The summed E-state index contributed by atoms with van der Waals surface area (Å²) in [7, 11) is 1.73. The first kappa shape index (κ1) is 23.3. The lowest BCUT2D eigenvalue weighted by Crippen LogP contribution is -2.35. The standard InChI is InChI=1S/C26H29ClN4O2S/c1-28-26(34)30-29-14-21-12-20(32)13-24(33-21)31-15-19(25-22(27)3-2-4-23(25)31)11-16-5-7-17(8-6-16)18-9-10-18/h2-8,14-15,18,20-21,24,32H,9-13H2,1H3,(H2,28,30,34). The van der Waals surface area contributed by atoms with Crippen LogP contribution < -0.4 is 10.7 Å². The van der Waals surface area contributed by atoms with Crippen LogP contribution in [0.4, 0.5) is 0 Å². The zero-order valence-electron chi connectivity index (χ0n) is 19.1. The van der Waals surface area contributed by atoms with Gasteiger partial charge in [-0.2, -0.15) is 5.10 Å². The number of aliphatic hydroxyl groups excluding tert-OH is 1. The molecular weight excluding hydrogens is 468 g/mol. The highest BCUT2D eigenvalue weighted by molar-refractivity contribution is 7.80. The molecule has 2 aromatic carbocycles. The maximum absolute atomic E-state index is 10.6. The molecule has 5 rings (SSSR count). The molecule has 1 aliphatic carbocycles. The first-order chi connectivity index (χ1) is 16.5. The van der Waals surface area contributed by atoms with E-state index in [0.717, 1.165) is 33.8 Å². The van der Waals surface area contributed by atoms with Gasteiger partial charge in [0.1, 0.15) is 6.23 Å². The molecule has 3 N–H and O–H groups in total. The van der Waals surface area contributed by atoms with E-state index >= 15 is 0 Å². The lowest BCUT2D eigenvalue weighted by atomic mass is 10.0. The largest absolute Gasteiger partial charge is 0.393 e. The van der Waals surface area contributed by atoms with E-state index in [4.69, 9.17) is 28.6 Å². The summed E-state index contributed by atoms with van der Waals surface area (Å²) in [6.07, 6.45) is 6.98. The molecule has 0 spiro atoms. The molecule has 8 heteroatoms. The van der Waals surface area contributed by atoms with Crippen molar-refractivity contribution in [2.45, 2.75) is 56.5 Å². The van der Waals surface area contributed by atoms with Crippen LogP contribution in [0.15, 0.2) is 53.8 Å². The molecule has 0 radical (unpaired) electrons. The van der Waals surface area contributed by atoms with Crippen LogP contribution in [0.3, 0.4) is 0 Å². The fourth-order valence-corrected chi connectivity index (χ4v) is 5.03. The van der Waals surface area contributed by atoms with Gasteiger partial charge in [-0.3, -0.25) is 5.43 Å². The molecule has 0 bridgehead atoms. The second kappa shape index (κ2) is 10.0. The van der Waals surface area contributed by atoms with Gasteiger partial charge in [0, 0.05) is 31.5 Å². The van der Waals surface area contributed by atoms with E-state index in [1.807, 2.05) is 12.1 Å². The zero-order valence-corrected chi connectivity index (χ0v) is 20.6. The van der Waals surface area contributed by atoms with E-state index in [1.54, 1.807) is 13.3 Å². The van der Waals surface area contributed by atoms with Crippen molar-refractivity contribution in [3.8, 4) is 0 Å². The fraction of sp³-hybridized carbons (Fsp3) is 0.385. The van der Waals surface area contributed by atoms with Gasteiger partial charge in [-0.15, -0.1) is 0 Å². The number of rotatable bonds is 6. The number of aliphatic hydroxyl groups is 1. The minimum Gasteiger partial charge on any atom is -0.393 e. The van der Waals surface area contributed by atoms with Crippen molar-refractivity contribution in [3.05, 3.63) is 70.4 Å². The average molecular weight is 497 g/mol. The van der Waals surface area contributed by atoms with Gasteiger partial charge in [0.15, 0.2) is 5.11 Å². The van der Waals surface area contributed by atoms with Gasteiger partial charge in [-0.05, 0) is 66.2 Å². The average Bonchev–Trinajstić information content (AvgIpc) is 3.61. The van der Waals surface area contributed by atoms with E-state index in [-0.39, 0.29) is 12.3 Å². The topological polar surface area (TPSA) is 70.8 Å². The Bertz CT molecular complexity index is 1210. The lowest BCUT2D eigenvalue weighted by Gasteiger charge is -2.32. The Kier molecular flexibility index (Phi) is 6.88. The maximum Gasteiger partial charge on any atom is 0.186 e. The summed E-state index contributed by atoms with van der Waals surface area (Å²) < 4.78 is 8.43. The molecule has 2 heterocycles. The van der Waals surface area contributed by atoms with Crippen molar-refractivity contribution in [2.24, 2.45) is 5.10 Å². The number of hydrogen-bond donors (Lipinski definition) is 3. The van der Waals surface area contributed by atoms with Crippen LogP contribution in [-0.4, -0.2) is 40.3 Å². The second-order valence-electron chi connectivity index (χ2n) is 9.11. The van der Waals surface area contributed by atoms with Gasteiger partial charge in [0.05, 0.1) is 29.0 Å². The number of thiocarbonyl (C=S) groups is 1. The van der Waals surface area contributed by atoms with Crippen LogP contribution in [-0.2, 0) is 11.2 Å². The van der Waals surface area contributed by atoms with Crippen molar-refractivity contribution < 1.29 is 9.84 Å². The number of fused-ring (bicyclic) bond motifs is 1. The highest BCUT2D eigenvalue weighted by Crippen LogP contribution is 2.40. The van der Waals surface area contributed by atoms with E-state index in [2.05, 4.69) is 56.9 Å². The van der Waals surface area contributed by atoms with Crippen molar-refractivity contribution in [2.75, 3.05) is 7.05 Å². The van der Waals surface area contributed by atoms with Crippen LogP contribution in [0.1, 0.15) is 54.5 Å². The zero-order chi connectivity index (χ0) is 23.7. The smallest absolute Gasteiger partial charge is 0.186 e. The van der Waals surface area contributed by atoms with Crippen LogP contribution in [0, 0.1) is 0 Å². The Morgan fingerprint density at radius 3 is 2.76 bits per heavy atom. The van der Waals surface area contributed by atoms with Crippen LogP contribution >= 0.6 is 23.8 Å². The second-order valence-corrected chi connectivity index (χ2v) is 9.93. The van der Waals surface area contributed by atoms with Gasteiger partial charge in [-0.25, -0.2) is 0 Å². The van der Waals surface area contributed by atoms with Crippen molar-refractivity contribution in [1.29, 1.82) is 0 Å². The number of halogens is 1. The third-order valence-corrected chi connectivity index (χ3v) is 7.17. The summed E-state index contributed by atoms with van der Waals surface area (Å²) >= 11 is 11.7. The predicted molar refractivity (Wildman–Crippen MR) is 141 cm³/mol. The number of ether oxygens (including phenoxy) is 1. The van der Waals surface area contributed by atoms with Crippen LogP contribution in [0.2, 0.25) is 5.02 Å². The number of hydrazone groups is 1. The van der Waals surface area contributed by atoms with Crippen molar-refractivity contribution in [3.63, 3.8) is 0 Å². The fourth-order valence-electron chi connectivity index (χ4n) is 4.68. The Morgan fingerprint density at radius 2 is 2.03 bits per heavy atom. The Morgan fingerprint density at radius 1 is 1.24 bits per heavy atom. The maximum atomic E-state index is 10.6. The Hall–Kier alpha value is -2.45. The highest BCUT2D eigenvalue weighted by atomic mass is 35.5. The molecule has 34 heavy (non-hydrogen) atoms. The molecule has 1 saturated carbocycles. The minimum atomic E-state index is -0.499. The third-order valence-electron chi connectivity index (χ3n) is 6.56. The molecule has 3 aromatic rings. The van der Waals surface area contributed by atoms with Gasteiger partial charge in [-0.1, -0.05) is 41.9 Å². The lowest BCUT2D eigenvalue weighted by molar-refractivity contribution is -0.0997. The third kappa shape index (κ3) is 5.13. The van der Waals surface area contributed by atoms with E-state index in [1.165, 1.54) is 24.0 Å². The molecule has 2 aliphatic rings. The molecule has 1 aromatic heterocycles. The van der Waals surface area contributed by atoms with Gasteiger partial charge in [0.2, 0.25) is 0 Å². The van der Waals surface area contributed by atoms with Gasteiger partial charge < -0.3 is 19.7 Å². The summed E-state index contributed by atoms with van der Waals surface area (Å²) in [6.45, 7) is 0. The number of aromatic nitrogens is 1. The summed E-state index contributed by atoms with van der Waals surface area (Å²) in [4.78, 5) is 0. The van der Waals surface area contributed by atoms with Crippen molar-refractivity contribution >= 4 is 46.0 Å². The first-order valence-electron chi connectivity index (χ1n) is 11.7. The molecule has 0 amide bonds. The van der Waals surface area contributed by atoms with Crippen LogP contribution in [0.5, 0.6) is 0 Å². The quantitative estimate of drug-likeness (QED) is 0.258. The number of benzene rings is 2. The number of nitrogens with one attached hydrogen (secondary N) is 2. The predicted octanol–water partition coefficient (Wildman–Crippen LogP) is 4.88. The number of hydrogen-bond acceptors (Lipinski definition) is 4. The number of nitrogens with zero attached hydrogens (tertiary/aromatic N) is 2. The molecule has 1 aliphatic heterocycles. The molecule has 3 unspecified atom stereocenters. The molecule has 178 valence electrons. The van der Waals surface area contributed by atoms with E-state index < -0.39 is 6.10 Å². The van der Waals surface area contributed by atoms with Crippen LogP contribution in [0.25, 0.3) is 10.9 Å². The molecule has 2 fully saturated rings.